The van der Waals surface area contributed by atoms with E-state index in [0.29, 0.717) is 0 Å². The summed E-state index contributed by atoms with van der Waals surface area (Å²) in [5.41, 5.74) is 0. The molecular formula is C14H9Cl. The number of halogens is 1. The molecule has 3 aromatic rings. The lowest BCUT2D eigenvalue weighted by Gasteiger charge is -2.03. The Morgan fingerprint density at radius 2 is 1.33 bits per heavy atom. The van der Waals surface area contributed by atoms with Crippen molar-refractivity contribution in [3.8, 4) is 0 Å². The van der Waals surface area contributed by atoms with Crippen LogP contribution in [-0.4, -0.2) is 0 Å². The van der Waals surface area contributed by atoms with Crippen LogP contribution in [-0.2, 0) is 0 Å². The molecule has 0 heterocycles. The first-order valence-electron chi connectivity index (χ1n) is 4.92. The van der Waals surface area contributed by atoms with Crippen LogP contribution in [0, 0.1) is 0 Å². The molecule has 0 radical (unpaired) electrons. The number of benzene rings is 3. The van der Waals surface area contributed by atoms with Crippen LogP contribution in [0.4, 0.5) is 0 Å². The SMILES string of the molecule is Clc1ccc2ccc3ccccc3c2c1. The molecule has 3 rings (SSSR count). The van der Waals surface area contributed by atoms with Gasteiger partial charge < -0.3 is 0 Å². The Morgan fingerprint density at radius 1 is 0.667 bits per heavy atom. The molecule has 3 aromatic carbocycles. The van der Waals surface area contributed by atoms with E-state index >= 15 is 0 Å². The molecule has 0 aliphatic carbocycles. The van der Waals surface area contributed by atoms with Crippen LogP contribution in [0.2, 0.25) is 5.02 Å². The normalized spacial score (nSPS) is 11.0. The summed E-state index contributed by atoms with van der Waals surface area (Å²) in [4.78, 5) is 0. The summed E-state index contributed by atoms with van der Waals surface area (Å²) in [6.07, 6.45) is 0. The summed E-state index contributed by atoms with van der Waals surface area (Å²) in [5.74, 6) is 0. The molecule has 0 atom stereocenters. The Morgan fingerprint density at radius 3 is 2.20 bits per heavy atom. The van der Waals surface area contributed by atoms with E-state index in [-0.39, 0.29) is 0 Å². The van der Waals surface area contributed by atoms with Gasteiger partial charge in [0.15, 0.2) is 0 Å². The smallest absolute Gasteiger partial charge is 0.0412 e. The molecule has 15 heavy (non-hydrogen) atoms. The topological polar surface area (TPSA) is 0 Å². The first kappa shape index (κ1) is 8.75. The summed E-state index contributed by atoms with van der Waals surface area (Å²) in [6, 6.07) is 18.7. The minimum atomic E-state index is 0.791. The molecule has 0 N–H and O–H groups in total. The van der Waals surface area contributed by atoms with Gasteiger partial charge in [0.1, 0.15) is 0 Å². The highest BCUT2D eigenvalue weighted by molar-refractivity contribution is 6.31. The lowest BCUT2D eigenvalue weighted by atomic mass is 10.0. The molecule has 0 fully saturated rings. The largest absolute Gasteiger partial charge is 0.0843 e. The summed E-state index contributed by atoms with van der Waals surface area (Å²) in [7, 11) is 0. The molecule has 0 aliphatic heterocycles. The van der Waals surface area contributed by atoms with Crippen LogP contribution in [0.5, 0.6) is 0 Å². The van der Waals surface area contributed by atoms with Gasteiger partial charge in [0.05, 0.1) is 0 Å². The Hall–Kier alpha value is -1.53. The average Bonchev–Trinajstić information content (AvgIpc) is 2.29. The maximum Gasteiger partial charge on any atom is 0.0412 e. The van der Waals surface area contributed by atoms with Crippen LogP contribution in [0.1, 0.15) is 0 Å². The third-order valence-electron chi connectivity index (χ3n) is 2.71. The van der Waals surface area contributed by atoms with Crippen molar-refractivity contribution in [1.82, 2.24) is 0 Å². The minimum Gasteiger partial charge on any atom is -0.0843 e. The van der Waals surface area contributed by atoms with Crippen molar-refractivity contribution in [2.45, 2.75) is 0 Å². The van der Waals surface area contributed by atoms with E-state index in [4.69, 9.17) is 11.6 Å². The highest BCUT2D eigenvalue weighted by atomic mass is 35.5. The van der Waals surface area contributed by atoms with Crippen LogP contribution < -0.4 is 0 Å². The second kappa shape index (κ2) is 3.25. The third-order valence-corrected chi connectivity index (χ3v) is 2.94. The molecule has 72 valence electrons. The Labute approximate surface area is 93.1 Å². The Kier molecular flexibility index (Phi) is 1.90. The van der Waals surface area contributed by atoms with Crippen molar-refractivity contribution in [3.05, 3.63) is 59.6 Å². The first-order valence-corrected chi connectivity index (χ1v) is 5.29. The van der Waals surface area contributed by atoms with Crippen molar-refractivity contribution in [2.75, 3.05) is 0 Å². The van der Waals surface area contributed by atoms with Gasteiger partial charge in [0.2, 0.25) is 0 Å². The molecular weight excluding hydrogens is 204 g/mol. The van der Waals surface area contributed by atoms with Gasteiger partial charge in [-0.3, -0.25) is 0 Å². The van der Waals surface area contributed by atoms with Gasteiger partial charge in [-0.2, -0.15) is 0 Å². The van der Waals surface area contributed by atoms with Crippen molar-refractivity contribution in [3.63, 3.8) is 0 Å². The maximum atomic E-state index is 6.02. The zero-order valence-corrected chi connectivity index (χ0v) is 8.83. The quantitative estimate of drug-likeness (QED) is 0.476. The predicted molar refractivity (Wildman–Crippen MR) is 66.5 cm³/mol. The monoisotopic (exact) mass is 212 g/mol. The summed E-state index contributed by atoms with van der Waals surface area (Å²) < 4.78 is 0. The van der Waals surface area contributed by atoms with Gasteiger partial charge in [0.25, 0.3) is 0 Å². The highest BCUT2D eigenvalue weighted by Gasteiger charge is 1.99. The van der Waals surface area contributed by atoms with Crippen molar-refractivity contribution >= 4 is 33.1 Å². The predicted octanol–water partition coefficient (Wildman–Crippen LogP) is 4.65. The van der Waals surface area contributed by atoms with Crippen LogP contribution in [0.25, 0.3) is 21.5 Å². The van der Waals surface area contributed by atoms with E-state index in [9.17, 15) is 0 Å². The molecule has 0 bridgehead atoms. The molecule has 0 amide bonds. The molecule has 1 heteroatoms. The third kappa shape index (κ3) is 1.38. The van der Waals surface area contributed by atoms with Gasteiger partial charge in [0, 0.05) is 5.02 Å². The second-order valence-electron chi connectivity index (χ2n) is 3.65. The van der Waals surface area contributed by atoms with Gasteiger partial charge in [-0.15, -0.1) is 0 Å². The van der Waals surface area contributed by atoms with Crippen molar-refractivity contribution in [1.29, 1.82) is 0 Å². The fourth-order valence-corrected chi connectivity index (χ4v) is 2.15. The summed E-state index contributed by atoms with van der Waals surface area (Å²) in [6.45, 7) is 0. The van der Waals surface area contributed by atoms with Crippen LogP contribution in [0.3, 0.4) is 0 Å². The second-order valence-corrected chi connectivity index (χ2v) is 4.09. The van der Waals surface area contributed by atoms with Gasteiger partial charge in [-0.05, 0) is 33.7 Å². The van der Waals surface area contributed by atoms with Crippen LogP contribution in [0.15, 0.2) is 54.6 Å². The summed E-state index contributed by atoms with van der Waals surface area (Å²) >= 11 is 6.02. The van der Waals surface area contributed by atoms with E-state index in [2.05, 4.69) is 42.5 Å². The lowest BCUT2D eigenvalue weighted by molar-refractivity contribution is 1.76. The number of hydrogen-bond acceptors (Lipinski definition) is 0. The molecule has 0 spiro atoms. The molecule has 0 nitrogen and oxygen atoms in total. The lowest BCUT2D eigenvalue weighted by Crippen LogP contribution is -1.76. The van der Waals surface area contributed by atoms with E-state index in [1.54, 1.807) is 0 Å². The molecule has 0 unspecified atom stereocenters. The van der Waals surface area contributed by atoms with E-state index in [1.807, 2.05) is 12.1 Å². The molecule has 0 aliphatic rings. The Balaban J connectivity index is 2.57. The van der Waals surface area contributed by atoms with E-state index in [0.717, 1.165) is 5.02 Å². The maximum absolute atomic E-state index is 6.02. The zero-order valence-electron chi connectivity index (χ0n) is 8.07. The first-order chi connectivity index (χ1) is 7.34. The van der Waals surface area contributed by atoms with Crippen LogP contribution >= 0.6 is 11.6 Å². The number of hydrogen-bond donors (Lipinski definition) is 0. The molecule has 0 aromatic heterocycles. The van der Waals surface area contributed by atoms with Gasteiger partial charge in [-0.25, -0.2) is 0 Å². The van der Waals surface area contributed by atoms with Gasteiger partial charge >= 0.3 is 0 Å². The zero-order chi connectivity index (χ0) is 10.3. The number of rotatable bonds is 0. The summed E-state index contributed by atoms with van der Waals surface area (Å²) in [5, 5.41) is 5.77. The Bertz CT molecular complexity index is 641. The number of fused-ring (bicyclic) bond motifs is 3. The van der Waals surface area contributed by atoms with Gasteiger partial charge in [-0.1, -0.05) is 54.1 Å². The minimum absolute atomic E-state index is 0.791. The average molecular weight is 213 g/mol. The fraction of sp³-hybridized carbons (Fsp3) is 0. The van der Waals surface area contributed by atoms with Crippen molar-refractivity contribution < 1.29 is 0 Å². The molecule has 0 saturated heterocycles. The molecule has 0 saturated carbocycles. The fourth-order valence-electron chi connectivity index (χ4n) is 1.97. The van der Waals surface area contributed by atoms with E-state index in [1.165, 1.54) is 21.5 Å². The standard InChI is InChI=1S/C14H9Cl/c15-12-8-7-11-6-5-10-3-1-2-4-13(10)14(11)9-12/h1-9H. The highest BCUT2D eigenvalue weighted by Crippen LogP contribution is 2.27. The van der Waals surface area contributed by atoms with E-state index < -0.39 is 0 Å². The van der Waals surface area contributed by atoms with Crippen molar-refractivity contribution in [2.24, 2.45) is 0 Å².